The molecular weight excluding hydrogens is 232 g/mol. The van der Waals surface area contributed by atoms with Crippen LogP contribution in [0.5, 0.6) is 0 Å². The van der Waals surface area contributed by atoms with Crippen molar-refractivity contribution >= 4 is 23.8 Å². The largest absolute Gasteiger partial charge is 0.398 e. The smallest absolute Gasteiger partial charge is 0.0419 e. The number of hydrogen-bond donors (Lipinski definition) is 1. The number of nitrogens with two attached hydrogens (primary N) is 1. The molecule has 2 nitrogen and oxygen atoms in total. The van der Waals surface area contributed by atoms with Crippen molar-refractivity contribution in [1.82, 2.24) is 0 Å². The van der Waals surface area contributed by atoms with Crippen molar-refractivity contribution < 1.29 is 0 Å². The molecule has 1 aromatic rings. The molecule has 2 atom stereocenters. The summed E-state index contributed by atoms with van der Waals surface area (Å²) in [7, 11) is 0. The van der Waals surface area contributed by atoms with Gasteiger partial charge in [-0.3, -0.25) is 0 Å². The van der Waals surface area contributed by atoms with Gasteiger partial charge in [0.05, 0.1) is 0 Å². The maximum absolute atomic E-state index is 6.05. The van der Waals surface area contributed by atoms with Crippen molar-refractivity contribution in [2.75, 3.05) is 23.7 Å². The summed E-state index contributed by atoms with van der Waals surface area (Å²) in [6, 6.07) is 6.35. The van der Waals surface area contributed by atoms with Gasteiger partial charge in [0.1, 0.15) is 0 Å². The lowest BCUT2D eigenvalue weighted by molar-refractivity contribution is 0.637. The van der Waals surface area contributed by atoms with E-state index in [0.29, 0.717) is 0 Å². The van der Waals surface area contributed by atoms with E-state index in [1.165, 1.54) is 37.2 Å². The third-order valence-electron chi connectivity index (χ3n) is 4.11. The summed E-state index contributed by atoms with van der Waals surface area (Å²) in [5.74, 6) is 1.86. The second kappa shape index (κ2) is 4.77. The molecule has 1 heterocycles. The van der Waals surface area contributed by atoms with Gasteiger partial charge in [-0.1, -0.05) is 13.0 Å². The summed E-state index contributed by atoms with van der Waals surface area (Å²) < 4.78 is 0. The normalized spacial score (nSPS) is 26.1. The Hall–Kier alpha value is -0.890. The summed E-state index contributed by atoms with van der Waals surface area (Å²) in [6.45, 7) is 4.80. The first-order chi connectivity index (χ1) is 7.75. The van der Waals surface area contributed by atoms with Crippen LogP contribution in [0.25, 0.3) is 0 Å². The summed E-state index contributed by atoms with van der Waals surface area (Å²) in [5, 5.41) is 0. The van der Waals surface area contributed by atoms with Gasteiger partial charge in [0.25, 0.3) is 0 Å². The highest BCUT2D eigenvalue weighted by Crippen LogP contribution is 2.40. The van der Waals surface area contributed by atoms with Crippen LogP contribution in [-0.2, 0) is 6.42 Å². The fourth-order valence-corrected chi connectivity index (χ4v) is 2.85. The molecular formula is C14H21ClN2. The fourth-order valence-electron chi connectivity index (χ4n) is 2.85. The number of rotatable bonds is 2. The third kappa shape index (κ3) is 2.37. The van der Waals surface area contributed by atoms with E-state index in [4.69, 9.17) is 5.73 Å². The van der Waals surface area contributed by atoms with Crippen LogP contribution in [0.4, 0.5) is 11.4 Å². The van der Waals surface area contributed by atoms with Crippen molar-refractivity contribution in [2.24, 2.45) is 11.8 Å². The van der Waals surface area contributed by atoms with Gasteiger partial charge in [-0.2, -0.15) is 0 Å². The van der Waals surface area contributed by atoms with Gasteiger partial charge in [-0.25, -0.2) is 0 Å². The van der Waals surface area contributed by atoms with E-state index in [1.54, 1.807) is 0 Å². The van der Waals surface area contributed by atoms with E-state index < -0.39 is 0 Å². The van der Waals surface area contributed by atoms with Crippen LogP contribution < -0.4 is 10.6 Å². The molecule has 1 aromatic carbocycles. The molecule has 0 aromatic heterocycles. The van der Waals surface area contributed by atoms with E-state index in [2.05, 4.69) is 24.0 Å². The minimum absolute atomic E-state index is 0. The molecule has 3 heteroatoms. The van der Waals surface area contributed by atoms with Crippen LogP contribution in [0.3, 0.4) is 0 Å². The molecule has 0 radical (unpaired) electrons. The average Bonchev–Trinajstić information content (AvgIpc) is 2.96. The monoisotopic (exact) mass is 252 g/mol. The van der Waals surface area contributed by atoms with Crippen molar-refractivity contribution in [3.05, 3.63) is 23.8 Å². The van der Waals surface area contributed by atoms with E-state index in [9.17, 15) is 0 Å². The number of hydrogen-bond acceptors (Lipinski definition) is 2. The Morgan fingerprint density at radius 1 is 1.41 bits per heavy atom. The number of benzene rings is 1. The average molecular weight is 253 g/mol. The van der Waals surface area contributed by atoms with Crippen molar-refractivity contribution in [3.63, 3.8) is 0 Å². The first kappa shape index (κ1) is 12.6. The van der Waals surface area contributed by atoms with E-state index in [1.807, 2.05) is 6.07 Å². The highest BCUT2D eigenvalue weighted by Gasteiger charge is 2.34. The zero-order valence-corrected chi connectivity index (χ0v) is 11.2. The van der Waals surface area contributed by atoms with Gasteiger partial charge in [0.15, 0.2) is 0 Å². The van der Waals surface area contributed by atoms with Crippen LogP contribution in [0, 0.1) is 11.8 Å². The minimum Gasteiger partial charge on any atom is -0.398 e. The number of fused-ring (bicyclic) bond motifs is 1. The minimum atomic E-state index is 0. The van der Waals surface area contributed by atoms with Crippen LogP contribution >= 0.6 is 12.4 Å². The molecule has 0 amide bonds. The Balaban J connectivity index is 0.00000108. The van der Waals surface area contributed by atoms with Crippen LogP contribution in [0.1, 0.15) is 25.3 Å². The van der Waals surface area contributed by atoms with Gasteiger partial charge in [0.2, 0.25) is 0 Å². The number of nitrogens with zero attached hydrogens (tertiary/aromatic N) is 1. The lowest BCUT2D eigenvalue weighted by Crippen LogP contribution is -2.31. The van der Waals surface area contributed by atoms with Crippen LogP contribution in [0.15, 0.2) is 18.2 Å². The molecule has 2 aliphatic rings. The zero-order valence-electron chi connectivity index (χ0n) is 10.4. The topological polar surface area (TPSA) is 29.3 Å². The molecule has 0 spiro atoms. The standard InChI is InChI=1S/C14H20N2.ClH/c1-10-8-11(10)9-16-7-3-4-12-13(15)5-2-6-14(12)16;/h2,5-6,10-11H,3-4,7-9,15H2,1H3;1H. The number of anilines is 2. The third-order valence-corrected chi connectivity index (χ3v) is 4.11. The van der Waals surface area contributed by atoms with E-state index in [-0.39, 0.29) is 12.4 Å². The van der Waals surface area contributed by atoms with Gasteiger partial charge in [-0.15, -0.1) is 12.4 Å². The molecule has 1 saturated carbocycles. The second-order valence-corrected chi connectivity index (χ2v) is 5.37. The zero-order chi connectivity index (χ0) is 11.1. The molecule has 1 aliphatic carbocycles. The first-order valence-electron chi connectivity index (χ1n) is 6.38. The van der Waals surface area contributed by atoms with Crippen LogP contribution in [0.2, 0.25) is 0 Å². The van der Waals surface area contributed by atoms with E-state index in [0.717, 1.165) is 23.9 Å². The molecule has 0 saturated heterocycles. The highest BCUT2D eigenvalue weighted by molar-refractivity contribution is 5.85. The van der Waals surface area contributed by atoms with Crippen LogP contribution in [-0.4, -0.2) is 13.1 Å². The maximum atomic E-state index is 6.05. The van der Waals surface area contributed by atoms with Crippen molar-refractivity contribution in [2.45, 2.75) is 26.2 Å². The Morgan fingerprint density at radius 2 is 2.18 bits per heavy atom. The molecule has 0 bridgehead atoms. The van der Waals surface area contributed by atoms with Gasteiger partial charge in [-0.05, 0) is 48.8 Å². The number of halogens is 1. The molecule has 94 valence electrons. The van der Waals surface area contributed by atoms with Gasteiger partial charge >= 0.3 is 0 Å². The van der Waals surface area contributed by atoms with Crippen molar-refractivity contribution in [3.8, 4) is 0 Å². The Labute approximate surface area is 110 Å². The summed E-state index contributed by atoms with van der Waals surface area (Å²) in [6.07, 6.45) is 3.81. The predicted molar refractivity (Wildman–Crippen MR) is 75.9 cm³/mol. The first-order valence-corrected chi connectivity index (χ1v) is 6.38. The number of nitrogen functional groups attached to an aromatic ring is 1. The predicted octanol–water partition coefficient (Wildman–Crippen LogP) is 3.10. The molecule has 1 aliphatic heterocycles. The molecule has 2 unspecified atom stereocenters. The Bertz CT molecular complexity index is 405. The maximum Gasteiger partial charge on any atom is 0.0419 e. The summed E-state index contributed by atoms with van der Waals surface area (Å²) in [4.78, 5) is 2.54. The Morgan fingerprint density at radius 3 is 2.88 bits per heavy atom. The molecule has 3 rings (SSSR count). The molecule has 17 heavy (non-hydrogen) atoms. The SMILES string of the molecule is CC1CC1CN1CCCc2c(N)cccc21.Cl. The molecule has 1 fully saturated rings. The Kier molecular flexibility index (Phi) is 3.53. The van der Waals surface area contributed by atoms with E-state index >= 15 is 0 Å². The lowest BCUT2D eigenvalue weighted by Gasteiger charge is -2.32. The molecule has 2 N–H and O–H groups in total. The second-order valence-electron chi connectivity index (χ2n) is 5.37. The highest BCUT2D eigenvalue weighted by atomic mass is 35.5. The fraction of sp³-hybridized carbons (Fsp3) is 0.571. The summed E-state index contributed by atoms with van der Waals surface area (Å²) in [5.41, 5.74) is 9.80. The quantitative estimate of drug-likeness (QED) is 0.820. The van der Waals surface area contributed by atoms with Crippen molar-refractivity contribution in [1.29, 1.82) is 0 Å². The van der Waals surface area contributed by atoms with Gasteiger partial charge in [0, 0.05) is 24.5 Å². The van der Waals surface area contributed by atoms with Gasteiger partial charge < -0.3 is 10.6 Å². The lowest BCUT2D eigenvalue weighted by atomic mass is 9.99. The summed E-state index contributed by atoms with van der Waals surface area (Å²) >= 11 is 0.